The van der Waals surface area contributed by atoms with E-state index < -0.39 is 110 Å². The van der Waals surface area contributed by atoms with Crippen LogP contribution in [-0.4, -0.2) is 196 Å². The molecule has 0 aromatic carbocycles. The molecule has 10 atom stereocenters. The number of rotatable bonds is 46. The smallest absolute Gasteiger partial charge is 0.306 e. The van der Waals surface area contributed by atoms with Gasteiger partial charge in [0.05, 0.1) is 13.2 Å². The van der Waals surface area contributed by atoms with E-state index in [0.29, 0.717) is 103 Å². The Morgan fingerprint density at radius 3 is 0.663 bits per heavy atom. The van der Waals surface area contributed by atoms with E-state index in [1.54, 1.807) is 0 Å². The second-order valence-electron chi connectivity index (χ2n) is 21.0. The molecule has 0 radical (unpaired) electrons. The van der Waals surface area contributed by atoms with E-state index in [4.69, 9.17) is 111 Å². The number of aliphatic hydroxyl groups is 2. The van der Waals surface area contributed by atoms with Gasteiger partial charge >= 0.3 is 35.8 Å². The molecule has 35 heteroatoms. The highest BCUT2D eigenvalue weighted by molar-refractivity contribution is 5.78. The molecule has 35 nitrogen and oxygen atoms in total. The predicted octanol–water partition coefficient (Wildman–Crippen LogP) is -3.09. The molecule has 26 N–H and O–H groups in total. The average Bonchev–Trinajstić information content (AvgIpc) is 1.46. The number of nitrogens with zero attached hydrogens (tertiary/aromatic N) is 6. The first kappa shape index (κ1) is 77.3. The highest BCUT2D eigenvalue weighted by atomic mass is 16.8. The van der Waals surface area contributed by atoms with E-state index in [0.717, 1.165) is 0 Å². The van der Waals surface area contributed by atoms with Crippen LogP contribution in [0.2, 0.25) is 0 Å². The predicted molar refractivity (Wildman–Crippen MR) is 327 cm³/mol. The number of hydrogen-bond acceptors (Lipinski definition) is 23. The second kappa shape index (κ2) is 45.5. The highest BCUT2D eigenvalue weighted by Crippen LogP contribution is 2.36. The van der Waals surface area contributed by atoms with Crippen LogP contribution in [0.15, 0.2) is 30.0 Å². The highest BCUT2D eigenvalue weighted by Gasteiger charge is 2.58. The van der Waals surface area contributed by atoms with Gasteiger partial charge in [0.2, 0.25) is 12.6 Å². The van der Waals surface area contributed by atoms with Gasteiger partial charge in [-0.3, -0.25) is 58.7 Å². The number of aliphatic hydroxyl groups excluding tert-OH is 2. The zero-order valence-electron chi connectivity index (χ0n) is 51.0. The number of guanidine groups is 6. The summed E-state index contributed by atoms with van der Waals surface area (Å²) in [7, 11) is 0. The number of hydrogen-bond donors (Lipinski definition) is 14. The van der Waals surface area contributed by atoms with Gasteiger partial charge in [-0.2, -0.15) is 0 Å². The standard InChI is InChI=1S/C54H100N18O17/c55-49(56)67-25-13-1-7-19-35(75)83-41-33(31-73)81-47(45(87-39(79)23-11-5-17-29-71-53(63)64)43(41)85-37(77)21-9-3-15-27-69-51(59)60)89-48-46(88-40(80)24-12-6-18-30-72-54(65)66)44(86-38(78)22-10-4-16-28-70-52(61)62)42(34(32-74)82-48)84-36(76)20-8-2-14-26-68-50(57)58/h33-34,41-48,73-74H,1-32H2,(H4,55,56,67)(H4,57,58,68)(H4,59,60,69)(H4,61,62,70)(H4,63,64,71)(H4,65,66,72)/t33-,34-,41-,42-,43+,44+,45-,46-,47-,48-/m1/s1. The summed E-state index contributed by atoms with van der Waals surface area (Å²) in [5.41, 5.74) is 65.6. The van der Waals surface area contributed by atoms with Crippen molar-refractivity contribution in [3.8, 4) is 0 Å². The van der Waals surface area contributed by atoms with Crippen molar-refractivity contribution in [1.29, 1.82) is 0 Å². The number of unbranched alkanes of at least 4 members (excludes halogenated alkanes) is 12. The summed E-state index contributed by atoms with van der Waals surface area (Å²) >= 11 is 0. The van der Waals surface area contributed by atoms with Crippen molar-refractivity contribution in [2.75, 3.05) is 52.5 Å². The third-order valence-corrected chi connectivity index (χ3v) is 13.4. The Kier molecular flexibility index (Phi) is 39.5. The first-order chi connectivity index (χ1) is 42.5. The number of nitrogens with two attached hydrogens (primary N) is 12. The van der Waals surface area contributed by atoms with Gasteiger partial charge in [-0.1, -0.05) is 38.5 Å². The van der Waals surface area contributed by atoms with Crippen molar-refractivity contribution in [2.45, 2.75) is 216 Å². The number of carbonyl (C=O) groups excluding carboxylic acids is 6. The third-order valence-electron chi connectivity index (χ3n) is 13.4. The first-order valence-electron chi connectivity index (χ1n) is 30.2. The largest absolute Gasteiger partial charge is 0.455 e. The quantitative estimate of drug-likeness (QED) is 0.00944. The fourth-order valence-electron chi connectivity index (χ4n) is 9.07. The van der Waals surface area contributed by atoms with Gasteiger partial charge in [-0.15, -0.1) is 0 Å². The molecule has 2 aliphatic heterocycles. The van der Waals surface area contributed by atoms with Crippen LogP contribution in [0.4, 0.5) is 0 Å². The van der Waals surface area contributed by atoms with Crippen LogP contribution in [0.5, 0.6) is 0 Å². The van der Waals surface area contributed by atoms with Crippen LogP contribution >= 0.6 is 0 Å². The Labute approximate surface area is 518 Å². The Morgan fingerprint density at radius 2 is 0.472 bits per heavy atom. The minimum absolute atomic E-state index is 0.0973. The van der Waals surface area contributed by atoms with Crippen molar-refractivity contribution in [1.82, 2.24) is 0 Å². The summed E-state index contributed by atoms with van der Waals surface area (Å²) in [5, 5.41) is 22.1. The molecule has 508 valence electrons. The third kappa shape index (κ3) is 35.1. The van der Waals surface area contributed by atoms with Crippen LogP contribution in [0, 0.1) is 0 Å². The van der Waals surface area contributed by atoms with Crippen molar-refractivity contribution in [3.63, 3.8) is 0 Å². The second-order valence-corrected chi connectivity index (χ2v) is 21.0. The molecule has 2 rings (SSSR count). The molecule has 0 spiro atoms. The zero-order valence-corrected chi connectivity index (χ0v) is 51.0. The summed E-state index contributed by atoms with van der Waals surface area (Å²) in [6.45, 7) is -0.191. The maximum absolute atomic E-state index is 14.1. The summed E-state index contributed by atoms with van der Waals surface area (Å²) in [6, 6.07) is 0. The molecule has 2 heterocycles. The molecule has 2 aliphatic rings. The minimum atomic E-state index is -2.00. The number of ether oxygens (including phenoxy) is 9. The lowest BCUT2D eigenvalue weighted by molar-refractivity contribution is -0.378. The van der Waals surface area contributed by atoms with Crippen molar-refractivity contribution < 1.29 is 81.6 Å². The fraction of sp³-hybridized carbons (Fsp3) is 0.778. The lowest BCUT2D eigenvalue weighted by atomic mass is 9.96. The molecular weight excluding hydrogens is 1170 g/mol. The molecular formula is C54H100N18O17. The van der Waals surface area contributed by atoms with E-state index in [1.165, 1.54) is 0 Å². The Balaban J connectivity index is 2.85. The van der Waals surface area contributed by atoms with Crippen LogP contribution in [-0.2, 0) is 71.4 Å². The van der Waals surface area contributed by atoms with E-state index in [9.17, 15) is 39.0 Å². The maximum Gasteiger partial charge on any atom is 0.306 e. The average molecular weight is 1270 g/mol. The van der Waals surface area contributed by atoms with Crippen molar-refractivity contribution >= 4 is 71.6 Å². The molecule has 89 heavy (non-hydrogen) atoms. The topological polar surface area (TPSA) is 612 Å². The number of carbonyl (C=O) groups is 6. The normalized spacial score (nSPS) is 21.1. The lowest BCUT2D eigenvalue weighted by Crippen LogP contribution is -2.67. The van der Waals surface area contributed by atoms with Gasteiger partial charge in [0.25, 0.3) is 0 Å². The molecule has 0 saturated carbocycles. The molecule has 0 aromatic heterocycles. The first-order valence-corrected chi connectivity index (χ1v) is 30.2. The molecule has 2 saturated heterocycles. The van der Waals surface area contributed by atoms with E-state index in [1.807, 2.05) is 0 Å². The van der Waals surface area contributed by atoms with E-state index in [2.05, 4.69) is 30.0 Å². The van der Waals surface area contributed by atoms with Gasteiger partial charge in [0.15, 0.2) is 72.4 Å². The van der Waals surface area contributed by atoms with Crippen LogP contribution in [0.25, 0.3) is 0 Å². The summed E-state index contributed by atoms with van der Waals surface area (Å²) < 4.78 is 55.6. The van der Waals surface area contributed by atoms with Gasteiger partial charge in [0.1, 0.15) is 12.2 Å². The Morgan fingerprint density at radius 1 is 0.281 bits per heavy atom. The monoisotopic (exact) mass is 1270 g/mol. The van der Waals surface area contributed by atoms with Crippen LogP contribution < -0.4 is 68.8 Å². The van der Waals surface area contributed by atoms with Crippen LogP contribution in [0.1, 0.15) is 154 Å². The zero-order chi connectivity index (χ0) is 65.9. The molecule has 0 bridgehead atoms. The number of aliphatic imine (C=N–C) groups is 6. The SMILES string of the molecule is NC(N)=NCCCCCC(=O)O[C@@H]1[C@@H](OC(=O)CCCCCN=C(N)N)[C@@H](O[C@H]2O[C@H](CO)[C@@H](OC(=O)CCCCCN=C(N)N)[C@H](OC(=O)CCCCCN=C(N)N)[C@H]2OC(=O)CCCCCN=C(N)N)O[C@H](CO)[C@H]1OC(=O)CCCCCN=C(N)N. The molecule has 0 amide bonds. The van der Waals surface area contributed by atoms with Gasteiger partial charge in [0, 0.05) is 77.8 Å². The molecule has 0 aliphatic carbocycles. The molecule has 0 aromatic rings. The Bertz CT molecular complexity index is 2140. The van der Waals surface area contributed by atoms with Gasteiger partial charge < -0.3 is 122 Å². The number of esters is 6. The maximum atomic E-state index is 14.1. The van der Waals surface area contributed by atoms with Crippen LogP contribution in [0.3, 0.4) is 0 Å². The summed E-state index contributed by atoms with van der Waals surface area (Å²) in [5.74, 6) is -5.79. The van der Waals surface area contributed by atoms with E-state index >= 15 is 0 Å². The lowest BCUT2D eigenvalue weighted by Gasteiger charge is -2.48. The molecule has 2 fully saturated rings. The van der Waals surface area contributed by atoms with Gasteiger partial charge in [-0.25, -0.2) is 0 Å². The molecule has 0 unspecified atom stereocenters. The van der Waals surface area contributed by atoms with Gasteiger partial charge in [-0.05, 0) is 77.0 Å². The van der Waals surface area contributed by atoms with E-state index in [-0.39, 0.29) is 126 Å². The van der Waals surface area contributed by atoms with Crippen molar-refractivity contribution in [3.05, 3.63) is 0 Å². The van der Waals surface area contributed by atoms with Crippen molar-refractivity contribution in [2.24, 2.45) is 98.8 Å². The minimum Gasteiger partial charge on any atom is -0.455 e. The Hall–Kier alpha value is -7.76. The summed E-state index contributed by atoms with van der Waals surface area (Å²) in [6.07, 6.45) is -12.0. The fourth-order valence-corrected chi connectivity index (χ4v) is 9.07. The summed E-state index contributed by atoms with van der Waals surface area (Å²) in [4.78, 5) is 107.